The number of hydrogen-bond acceptors (Lipinski definition) is 1. The summed E-state index contributed by atoms with van der Waals surface area (Å²) in [4.78, 5) is 11.5. The molecule has 0 N–H and O–H groups in total. The molecular weight excluding hydrogens is 232 g/mol. The number of nitrogens with zero attached hydrogens (tertiary/aromatic N) is 2. The standard InChI is InChI=1S/C9H13BrN2O/c1-11-4-5-12(8(11)13)7-9(6-10)2-3-9/h4-5H,2-3,6-7H2,1H3. The van der Waals surface area contributed by atoms with E-state index >= 15 is 0 Å². The van der Waals surface area contributed by atoms with Gasteiger partial charge in [-0.3, -0.25) is 4.57 Å². The zero-order chi connectivity index (χ0) is 9.47. The molecule has 0 atom stereocenters. The molecule has 0 amide bonds. The summed E-state index contributed by atoms with van der Waals surface area (Å²) in [5.41, 5.74) is 0.456. The van der Waals surface area contributed by atoms with Crippen molar-refractivity contribution in [1.29, 1.82) is 0 Å². The van der Waals surface area contributed by atoms with Crippen LogP contribution in [0, 0.1) is 5.41 Å². The maximum atomic E-state index is 11.5. The first-order valence-electron chi connectivity index (χ1n) is 4.45. The summed E-state index contributed by atoms with van der Waals surface area (Å²) in [5.74, 6) is 0. The minimum atomic E-state index is 0.0900. The van der Waals surface area contributed by atoms with Gasteiger partial charge in [0.15, 0.2) is 0 Å². The zero-order valence-electron chi connectivity index (χ0n) is 7.66. The van der Waals surface area contributed by atoms with Gasteiger partial charge < -0.3 is 4.57 Å². The minimum absolute atomic E-state index is 0.0900. The van der Waals surface area contributed by atoms with Crippen molar-refractivity contribution in [3.63, 3.8) is 0 Å². The van der Waals surface area contributed by atoms with E-state index in [9.17, 15) is 4.79 Å². The lowest BCUT2D eigenvalue weighted by atomic mass is 10.1. The lowest BCUT2D eigenvalue weighted by molar-refractivity contribution is 0.462. The molecule has 4 heteroatoms. The molecule has 0 bridgehead atoms. The highest BCUT2D eigenvalue weighted by molar-refractivity contribution is 9.09. The quantitative estimate of drug-likeness (QED) is 0.738. The van der Waals surface area contributed by atoms with Crippen LogP contribution in [0.15, 0.2) is 17.2 Å². The van der Waals surface area contributed by atoms with Crippen LogP contribution in [0.4, 0.5) is 0 Å². The summed E-state index contributed by atoms with van der Waals surface area (Å²) in [7, 11) is 1.78. The van der Waals surface area contributed by atoms with Crippen molar-refractivity contribution in [2.75, 3.05) is 5.33 Å². The normalized spacial score (nSPS) is 18.9. The zero-order valence-corrected chi connectivity index (χ0v) is 9.25. The summed E-state index contributed by atoms with van der Waals surface area (Å²) in [5, 5.41) is 1.00. The second-order valence-electron chi connectivity index (χ2n) is 3.95. The summed E-state index contributed by atoms with van der Waals surface area (Å²) in [6.07, 6.45) is 6.15. The number of aryl methyl sites for hydroxylation is 1. The number of aromatic nitrogens is 2. The highest BCUT2D eigenvalue weighted by Gasteiger charge is 2.41. The summed E-state index contributed by atoms with van der Waals surface area (Å²) in [6, 6.07) is 0. The lowest BCUT2D eigenvalue weighted by Gasteiger charge is -2.10. The van der Waals surface area contributed by atoms with Gasteiger partial charge in [0.25, 0.3) is 0 Å². The van der Waals surface area contributed by atoms with Gasteiger partial charge >= 0.3 is 5.69 Å². The Kier molecular flexibility index (Phi) is 2.10. The van der Waals surface area contributed by atoms with Crippen molar-refractivity contribution in [2.45, 2.75) is 19.4 Å². The van der Waals surface area contributed by atoms with Gasteiger partial charge in [-0.2, -0.15) is 0 Å². The summed E-state index contributed by atoms with van der Waals surface area (Å²) < 4.78 is 3.42. The van der Waals surface area contributed by atoms with Crippen LogP contribution in [0.25, 0.3) is 0 Å². The molecule has 0 aromatic carbocycles. The van der Waals surface area contributed by atoms with Crippen LogP contribution in [0.3, 0.4) is 0 Å². The predicted octanol–water partition coefficient (Wildman–Crippen LogP) is 1.36. The summed E-state index contributed by atoms with van der Waals surface area (Å²) >= 11 is 3.50. The van der Waals surface area contributed by atoms with Gasteiger partial charge in [0.05, 0.1) is 0 Å². The van der Waals surface area contributed by atoms with Crippen molar-refractivity contribution in [2.24, 2.45) is 12.5 Å². The molecule has 0 saturated heterocycles. The fourth-order valence-electron chi connectivity index (χ4n) is 1.50. The van der Waals surface area contributed by atoms with Crippen molar-refractivity contribution in [1.82, 2.24) is 9.13 Å². The molecule has 1 aliphatic rings. The van der Waals surface area contributed by atoms with Gasteiger partial charge in [-0.1, -0.05) is 15.9 Å². The molecule has 3 nitrogen and oxygen atoms in total. The van der Waals surface area contributed by atoms with E-state index in [0.717, 1.165) is 11.9 Å². The topological polar surface area (TPSA) is 26.9 Å². The predicted molar refractivity (Wildman–Crippen MR) is 55.1 cm³/mol. The highest BCUT2D eigenvalue weighted by Crippen LogP contribution is 2.48. The third kappa shape index (κ3) is 1.59. The Labute approximate surface area is 85.5 Å². The first kappa shape index (κ1) is 9.06. The van der Waals surface area contributed by atoms with Crippen molar-refractivity contribution in [3.05, 3.63) is 22.9 Å². The number of rotatable bonds is 3. The van der Waals surface area contributed by atoms with E-state index in [1.54, 1.807) is 16.2 Å². The van der Waals surface area contributed by atoms with Crippen LogP contribution in [0.1, 0.15) is 12.8 Å². The Morgan fingerprint density at radius 1 is 1.54 bits per heavy atom. The maximum absolute atomic E-state index is 11.5. The average Bonchev–Trinajstić information content (AvgIpc) is 2.85. The fourth-order valence-corrected chi connectivity index (χ4v) is 2.24. The van der Waals surface area contributed by atoms with Crippen LogP contribution >= 0.6 is 15.9 Å². The van der Waals surface area contributed by atoms with Crippen LogP contribution < -0.4 is 5.69 Å². The van der Waals surface area contributed by atoms with E-state index in [1.807, 2.05) is 12.4 Å². The monoisotopic (exact) mass is 244 g/mol. The molecule has 72 valence electrons. The Morgan fingerprint density at radius 2 is 2.23 bits per heavy atom. The number of alkyl halides is 1. The molecule has 0 aliphatic heterocycles. The maximum Gasteiger partial charge on any atom is 0.327 e. The first-order chi connectivity index (χ1) is 6.17. The molecule has 0 radical (unpaired) electrons. The van der Waals surface area contributed by atoms with E-state index in [0.29, 0.717) is 5.41 Å². The van der Waals surface area contributed by atoms with Crippen LogP contribution in [-0.4, -0.2) is 14.5 Å². The number of halogens is 1. The van der Waals surface area contributed by atoms with E-state index < -0.39 is 0 Å². The summed E-state index contributed by atoms with van der Waals surface area (Å²) in [6.45, 7) is 0.859. The van der Waals surface area contributed by atoms with Crippen molar-refractivity contribution >= 4 is 15.9 Å². The average molecular weight is 245 g/mol. The first-order valence-corrected chi connectivity index (χ1v) is 5.57. The second kappa shape index (κ2) is 3.01. The lowest BCUT2D eigenvalue weighted by Crippen LogP contribution is -2.26. The molecule has 2 rings (SSSR count). The van der Waals surface area contributed by atoms with Gasteiger partial charge in [0, 0.05) is 31.3 Å². The molecule has 1 heterocycles. The van der Waals surface area contributed by atoms with Gasteiger partial charge in [0.1, 0.15) is 0 Å². The smallest absolute Gasteiger partial charge is 0.302 e. The fraction of sp³-hybridized carbons (Fsp3) is 0.667. The van der Waals surface area contributed by atoms with Crippen LogP contribution in [0.2, 0.25) is 0 Å². The molecular formula is C9H13BrN2O. The van der Waals surface area contributed by atoms with Gasteiger partial charge in [-0.05, 0) is 18.3 Å². The Balaban J connectivity index is 2.19. The van der Waals surface area contributed by atoms with E-state index in [-0.39, 0.29) is 5.69 Å². The van der Waals surface area contributed by atoms with E-state index in [2.05, 4.69) is 15.9 Å². The van der Waals surface area contributed by atoms with Gasteiger partial charge in [-0.25, -0.2) is 4.79 Å². The Morgan fingerprint density at radius 3 is 2.62 bits per heavy atom. The van der Waals surface area contributed by atoms with Crippen LogP contribution in [-0.2, 0) is 13.6 Å². The Hall–Kier alpha value is -0.510. The van der Waals surface area contributed by atoms with Crippen LogP contribution in [0.5, 0.6) is 0 Å². The van der Waals surface area contributed by atoms with Gasteiger partial charge in [0.2, 0.25) is 0 Å². The number of hydrogen-bond donors (Lipinski definition) is 0. The van der Waals surface area contributed by atoms with Crippen molar-refractivity contribution < 1.29 is 0 Å². The molecule has 1 saturated carbocycles. The Bertz CT molecular complexity index is 362. The van der Waals surface area contributed by atoms with E-state index in [4.69, 9.17) is 0 Å². The molecule has 1 aromatic rings. The number of imidazole rings is 1. The SMILES string of the molecule is Cn1ccn(CC2(CBr)CC2)c1=O. The molecule has 1 fully saturated rings. The molecule has 1 aromatic heterocycles. The minimum Gasteiger partial charge on any atom is -0.302 e. The van der Waals surface area contributed by atoms with E-state index in [1.165, 1.54) is 12.8 Å². The molecule has 13 heavy (non-hydrogen) atoms. The highest BCUT2D eigenvalue weighted by atomic mass is 79.9. The van der Waals surface area contributed by atoms with Gasteiger partial charge in [-0.15, -0.1) is 0 Å². The largest absolute Gasteiger partial charge is 0.327 e. The molecule has 1 aliphatic carbocycles. The third-order valence-corrected chi connectivity index (χ3v) is 3.95. The van der Waals surface area contributed by atoms with Crippen molar-refractivity contribution in [3.8, 4) is 0 Å². The molecule has 0 spiro atoms. The third-order valence-electron chi connectivity index (χ3n) is 2.76. The second-order valence-corrected chi connectivity index (χ2v) is 4.51. The molecule has 0 unspecified atom stereocenters.